The van der Waals surface area contributed by atoms with E-state index in [9.17, 15) is 4.57 Å². The van der Waals surface area contributed by atoms with E-state index < -0.39 is 6.80 Å². The van der Waals surface area contributed by atoms with E-state index in [0.29, 0.717) is 20.0 Å². The van der Waals surface area contributed by atoms with E-state index in [4.69, 9.17) is 43.9 Å². The molecule has 0 aliphatic carbocycles. The zero-order valence-electron chi connectivity index (χ0n) is 8.37. The van der Waals surface area contributed by atoms with Gasteiger partial charge in [0, 0.05) is 19.1 Å². The fourth-order valence-corrected chi connectivity index (χ4v) is 4.21. The van der Waals surface area contributed by atoms with Crippen LogP contribution in [-0.4, -0.2) is 14.2 Å². The van der Waals surface area contributed by atoms with Crippen LogP contribution in [0, 0.1) is 0 Å². The van der Waals surface area contributed by atoms with Crippen LogP contribution < -0.4 is 0 Å². The van der Waals surface area contributed by atoms with Crippen LogP contribution in [0.3, 0.4) is 0 Å². The SMILES string of the molecule is COP(=O)(OC)Sc1cc(Cl)c(Cl)cc1Cl. The summed E-state index contributed by atoms with van der Waals surface area (Å²) < 4.78 is 21.4. The van der Waals surface area contributed by atoms with Gasteiger partial charge >= 0.3 is 6.80 Å². The van der Waals surface area contributed by atoms with E-state index in [2.05, 4.69) is 0 Å². The largest absolute Gasteiger partial charge is 0.393 e. The number of halogens is 3. The van der Waals surface area contributed by atoms with Gasteiger partial charge in [-0.25, -0.2) is 4.57 Å². The Balaban J connectivity index is 3.06. The molecular weight excluding hydrogens is 313 g/mol. The Hall–Kier alpha value is 0.590. The van der Waals surface area contributed by atoms with E-state index in [1.54, 1.807) is 0 Å². The molecular formula is C8H8Cl3O3PS. The first-order valence-corrected chi connectivity index (χ1v) is 8.07. The quantitative estimate of drug-likeness (QED) is 0.568. The third kappa shape index (κ3) is 3.54. The molecule has 0 fully saturated rings. The Morgan fingerprint density at radius 3 is 2.06 bits per heavy atom. The molecule has 0 aliphatic heterocycles. The molecule has 0 N–H and O–H groups in total. The second-order valence-electron chi connectivity index (χ2n) is 2.60. The monoisotopic (exact) mass is 320 g/mol. The highest BCUT2D eigenvalue weighted by molar-refractivity contribution is 8.55. The van der Waals surface area contributed by atoms with Crippen LogP contribution >= 0.6 is 53.0 Å². The number of hydrogen-bond donors (Lipinski definition) is 0. The Labute approximate surface area is 113 Å². The minimum absolute atomic E-state index is 0.326. The molecule has 0 aromatic heterocycles. The van der Waals surface area contributed by atoms with Crippen molar-refractivity contribution in [2.75, 3.05) is 14.2 Å². The molecule has 0 radical (unpaired) electrons. The van der Waals surface area contributed by atoms with Gasteiger partial charge < -0.3 is 9.05 Å². The van der Waals surface area contributed by atoms with Gasteiger partial charge in [0.1, 0.15) is 0 Å². The molecule has 0 bridgehead atoms. The zero-order chi connectivity index (χ0) is 12.3. The smallest absolute Gasteiger partial charge is 0.304 e. The van der Waals surface area contributed by atoms with Crippen LogP contribution in [0.15, 0.2) is 17.0 Å². The van der Waals surface area contributed by atoms with Crippen molar-refractivity contribution in [3.05, 3.63) is 27.2 Å². The number of benzene rings is 1. The average molecular weight is 322 g/mol. The molecule has 16 heavy (non-hydrogen) atoms. The molecule has 0 saturated heterocycles. The molecule has 90 valence electrons. The first-order valence-electron chi connectivity index (χ1n) is 3.97. The summed E-state index contributed by atoms with van der Waals surface area (Å²) in [7, 11) is 2.59. The van der Waals surface area contributed by atoms with Crippen molar-refractivity contribution in [2.24, 2.45) is 0 Å². The second kappa shape index (κ2) is 5.96. The van der Waals surface area contributed by atoms with E-state index in [1.807, 2.05) is 0 Å². The van der Waals surface area contributed by atoms with Gasteiger partial charge in [-0.2, -0.15) is 0 Å². The molecule has 1 aromatic rings. The lowest BCUT2D eigenvalue weighted by molar-refractivity contribution is 0.295. The maximum absolute atomic E-state index is 11.9. The lowest BCUT2D eigenvalue weighted by atomic mass is 10.4. The van der Waals surface area contributed by atoms with E-state index >= 15 is 0 Å². The molecule has 8 heteroatoms. The molecule has 0 unspecified atom stereocenters. The summed E-state index contributed by atoms with van der Waals surface area (Å²) in [6.45, 7) is -3.23. The van der Waals surface area contributed by atoms with Crippen LogP contribution in [-0.2, 0) is 13.6 Å². The van der Waals surface area contributed by atoms with E-state index in [-0.39, 0.29) is 0 Å². The first-order chi connectivity index (χ1) is 7.41. The van der Waals surface area contributed by atoms with Gasteiger partial charge in [0.15, 0.2) is 0 Å². The standard InChI is InChI=1S/C8H8Cl3O3PS/c1-13-15(12,14-2)16-8-4-6(10)5(9)3-7(8)11/h3-4H,1-2H3. The second-order valence-corrected chi connectivity index (χ2v) is 7.96. The highest BCUT2D eigenvalue weighted by Gasteiger charge is 2.25. The molecule has 1 aromatic carbocycles. The lowest BCUT2D eigenvalue weighted by Crippen LogP contribution is -1.84. The fourth-order valence-electron chi connectivity index (χ4n) is 0.844. The molecule has 0 atom stereocenters. The van der Waals surface area contributed by atoms with Crippen LogP contribution in [0.5, 0.6) is 0 Å². The van der Waals surface area contributed by atoms with Crippen molar-refractivity contribution in [2.45, 2.75) is 4.90 Å². The van der Waals surface area contributed by atoms with Crippen molar-refractivity contribution in [1.29, 1.82) is 0 Å². The van der Waals surface area contributed by atoms with Gasteiger partial charge in [-0.3, -0.25) is 0 Å². The Morgan fingerprint density at radius 2 is 1.56 bits per heavy atom. The van der Waals surface area contributed by atoms with Crippen LogP contribution in [0.4, 0.5) is 0 Å². The summed E-state index contributed by atoms with van der Waals surface area (Å²) in [6.07, 6.45) is 0. The zero-order valence-corrected chi connectivity index (χ0v) is 12.3. The predicted octanol–water partition coefficient (Wildman–Crippen LogP) is 5.14. The van der Waals surface area contributed by atoms with E-state index in [0.717, 1.165) is 11.4 Å². The van der Waals surface area contributed by atoms with Gasteiger partial charge in [-0.05, 0) is 23.5 Å². The minimum Gasteiger partial charge on any atom is -0.304 e. The van der Waals surface area contributed by atoms with Crippen LogP contribution in [0.25, 0.3) is 0 Å². The first kappa shape index (κ1) is 14.7. The molecule has 0 aliphatic rings. The summed E-state index contributed by atoms with van der Waals surface area (Å²) in [5, 5.41) is 1.00. The van der Waals surface area contributed by atoms with Gasteiger partial charge in [-0.1, -0.05) is 34.8 Å². The molecule has 0 spiro atoms. The number of hydrogen-bond acceptors (Lipinski definition) is 4. The normalized spacial score (nSPS) is 11.8. The van der Waals surface area contributed by atoms with Crippen molar-refractivity contribution < 1.29 is 13.6 Å². The Kier molecular flexibility index (Phi) is 5.46. The van der Waals surface area contributed by atoms with Gasteiger partial charge in [0.2, 0.25) is 0 Å². The van der Waals surface area contributed by atoms with Gasteiger partial charge in [0.25, 0.3) is 0 Å². The van der Waals surface area contributed by atoms with E-state index in [1.165, 1.54) is 26.4 Å². The topological polar surface area (TPSA) is 35.5 Å². The predicted molar refractivity (Wildman–Crippen MR) is 69.0 cm³/mol. The van der Waals surface area contributed by atoms with Gasteiger partial charge in [0.05, 0.1) is 15.1 Å². The average Bonchev–Trinajstić information content (AvgIpc) is 2.25. The summed E-state index contributed by atoms with van der Waals surface area (Å²) in [5.74, 6) is 0. The summed E-state index contributed by atoms with van der Waals surface area (Å²) in [4.78, 5) is 0.489. The maximum Gasteiger partial charge on any atom is 0.393 e. The van der Waals surface area contributed by atoms with Crippen molar-refractivity contribution in [3.8, 4) is 0 Å². The molecule has 0 amide bonds. The highest BCUT2D eigenvalue weighted by atomic mass is 35.5. The highest BCUT2D eigenvalue weighted by Crippen LogP contribution is 2.63. The number of rotatable bonds is 4. The van der Waals surface area contributed by atoms with Gasteiger partial charge in [-0.15, -0.1) is 0 Å². The Bertz CT molecular complexity index is 433. The summed E-state index contributed by atoms with van der Waals surface area (Å²) >= 11 is 18.4. The summed E-state index contributed by atoms with van der Waals surface area (Å²) in [6, 6.07) is 2.99. The van der Waals surface area contributed by atoms with Crippen molar-refractivity contribution in [3.63, 3.8) is 0 Å². The molecule has 0 saturated carbocycles. The van der Waals surface area contributed by atoms with Crippen LogP contribution in [0.2, 0.25) is 15.1 Å². The molecule has 0 heterocycles. The molecule has 1 rings (SSSR count). The third-order valence-corrected chi connectivity index (χ3v) is 6.59. The fraction of sp³-hybridized carbons (Fsp3) is 0.250. The van der Waals surface area contributed by atoms with Crippen LogP contribution in [0.1, 0.15) is 0 Å². The van der Waals surface area contributed by atoms with Crippen molar-refractivity contribution in [1.82, 2.24) is 0 Å². The summed E-state index contributed by atoms with van der Waals surface area (Å²) in [5.41, 5.74) is 0. The molecule has 3 nitrogen and oxygen atoms in total. The maximum atomic E-state index is 11.9. The minimum atomic E-state index is -3.23. The van der Waals surface area contributed by atoms with Crippen molar-refractivity contribution >= 4 is 53.0 Å². The Morgan fingerprint density at radius 1 is 1.06 bits per heavy atom. The third-order valence-electron chi connectivity index (χ3n) is 1.63. The lowest BCUT2D eigenvalue weighted by Gasteiger charge is -2.13.